The zero-order chi connectivity index (χ0) is 52.2. The highest BCUT2D eigenvalue weighted by Crippen LogP contribution is 2.19. The van der Waals surface area contributed by atoms with E-state index in [0.717, 1.165) is 57.8 Å². The summed E-state index contributed by atoms with van der Waals surface area (Å²) < 4.78 is 17.0. The first-order valence-electron chi connectivity index (χ1n) is 33.0. The largest absolute Gasteiger partial charge is 0.462 e. The van der Waals surface area contributed by atoms with Crippen LogP contribution in [0.4, 0.5) is 0 Å². The normalized spacial score (nSPS) is 11.9. The molecule has 6 nitrogen and oxygen atoms in total. The van der Waals surface area contributed by atoms with Crippen LogP contribution in [0.15, 0.2) is 0 Å². The van der Waals surface area contributed by atoms with Gasteiger partial charge >= 0.3 is 17.9 Å². The van der Waals surface area contributed by atoms with Crippen LogP contribution in [-0.2, 0) is 28.6 Å². The molecule has 1 atom stereocenters. The van der Waals surface area contributed by atoms with Crippen molar-refractivity contribution in [3.05, 3.63) is 0 Å². The van der Waals surface area contributed by atoms with Crippen molar-refractivity contribution in [2.24, 2.45) is 0 Å². The molecule has 0 heterocycles. The molecule has 0 radical (unpaired) electrons. The third-order valence-corrected chi connectivity index (χ3v) is 15.4. The monoisotopic (exact) mass is 1020 g/mol. The number of rotatable bonds is 62. The minimum absolute atomic E-state index is 0.0604. The van der Waals surface area contributed by atoms with Crippen LogP contribution in [0.3, 0.4) is 0 Å². The summed E-state index contributed by atoms with van der Waals surface area (Å²) >= 11 is 0. The molecular formula is C66H128O6. The number of ether oxygens (including phenoxy) is 3. The molecule has 0 rings (SSSR count). The summed E-state index contributed by atoms with van der Waals surface area (Å²) in [4.78, 5) is 38.3. The van der Waals surface area contributed by atoms with Crippen molar-refractivity contribution in [3.8, 4) is 0 Å². The Morgan fingerprint density at radius 3 is 0.556 bits per heavy atom. The first kappa shape index (κ1) is 70.4. The van der Waals surface area contributed by atoms with Gasteiger partial charge in [0, 0.05) is 19.3 Å². The molecule has 1 unspecified atom stereocenters. The Hall–Kier alpha value is -1.59. The Labute approximate surface area is 450 Å². The van der Waals surface area contributed by atoms with Gasteiger partial charge in [0.1, 0.15) is 13.2 Å². The molecule has 72 heavy (non-hydrogen) atoms. The number of carbonyl (C=O) groups excluding carboxylic acids is 3. The second-order valence-corrected chi connectivity index (χ2v) is 22.8. The molecular weight excluding hydrogens is 889 g/mol. The van der Waals surface area contributed by atoms with E-state index in [4.69, 9.17) is 14.2 Å². The summed E-state index contributed by atoms with van der Waals surface area (Å²) in [6.07, 6.45) is 71.1. The number of unbranched alkanes of at least 4 members (excludes halogenated alkanes) is 51. The summed E-state index contributed by atoms with van der Waals surface area (Å²) in [6.45, 7) is 6.73. The quantitative estimate of drug-likeness (QED) is 0.0343. The maximum absolute atomic E-state index is 12.9. The topological polar surface area (TPSA) is 78.9 Å². The Kier molecular flexibility index (Phi) is 60.6. The molecule has 0 aliphatic carbocycles. The minimum atomic E-state index is -0.762. The number of esters is 3. The molecule has 0 aliphatic heterocycles. The fourth-order valence-corrected chi connectivity index (χ4v) is 10.4. The van der Waals surface area contributed by atoms with Crippen LogP contribution in [0.25, 0.3) is 0 Å². The van der Waals surface area contributed by atoms with E-state index < -0.39 is 6.10 Å². The highest BCUT2D eigenvalue weighted by atomic mass is 16.6. The maximum atomic E-state index is 12.9. The van der Waals surface area contributed by atoms with Gasteiger partial charge < -0.3 is 14.2 Å². The first-order valence-corrected chi connectivity index (χ1v) is 33.0. The molecule has 428 valence electrons. The van der Waals surface area contributed by atoms with Crippen molar-refractivity contribution in [1.29, 1.82) is 0 Å². The predicted octanol–water partition coefficient (Wildman–Crippen LogP) is 22.3. The Morgan fingerprint density at radius 2 is 0.375 bits per heavy atom. The van der Waals surface area contributed by atoms with E-state index in [0.29, 0.717) is 19.3 Å². The summed E-state index contributed by atoms with van der Waals surface area (Å²) in [6, 6.07) is 0. The summed E-state index contributed by atoms with van der Waals surface area (Å²) in [5.41, 5.74) is 0. The van der Waals surface area contributed by atoms with Gasteiger partial charge in [-0.3, -0.25) is 14.4 Å². The average Bonchev–Trinajstić information content (AvgIpc) is 3.38. The molecule has 0 spiro atoms. The predicted molar refractivity (Wildman–Crippen MR) is 312 cm³/mol. The van der Waals surface area contributed by atoms with Gasteiger partial charge in [0.25, 0.3) is 0 Å². The van der Waals surface area contributed by atoms with Crippen LogP contribution in [0.5, 0.6) is 0 Å². The molecule has 0 fully saturated rings. The standard InChI is InChI=1S/C66H128O6/c1-4-7-10-13-16-19-22-25-28-30-32-33-34-35-37-38-41-44-47-50-53-56-59-65(68)71-62-63(61-70-64(67)58-55-52-49-46-43-40-27-24-21-18-15-12-9-6-3)72-66(69)60-57-54-51-48-45-42-39-36-31-29-26-23-20-17-14-11-8-5-2/h63H,4-62H2,1-3H3. The van der Waals surface area contributed by atoms with E-state index in [1.165, 1.54) is 289 Å². The van der Waals surface area contributed by atoms with Gasteiger partial charge in [-0.15, -0.1) is 0 Å². The highest BCUT2D eigenvalue weighted by Gasteiger charge is 2.19. The van der Waals surface area contributed by atoms with E-state index in [2.05, 4.69) is 20.8 Å². The van der Waals surface area contributed by atoms with E-state index in [1.54, 1.807) is 0 Å². The van der Waals surface area contributed by atoms with Crippen LogP contribution in [-0.4, -0.2) is 37.2 Å². The van der Waals surface area contributed by atoms with E-state index in [-0.39, 0.29) is 31.1 Å². The van der Waals surface area contributed by atoms with Crippen molar-refractivity contribution >= 4 is 17.9 Å². The molecule has 0 saturated heterocycles. The summed E-state index contributed by atoms with van der Waals surface area (Å²) in [5, 5.41) is 0. The van der Waals surface area contributed by atoms with Crippen molar-refractivity contribution in [2.45, 2.75) is 393 Å². The SMILES string of the molecule is CCCCCCCCCCCCCCCCCCCCCCCCC(=O)OCC(COC(=O)CCCCCCCCCCCCCCCC)OC(=O)CCCCCCCCCCCCCCCCCCCC. The Bertz CT molecular complexity index is 1080. The zero-order valence-corrected chi connectivity index (χ0v) is 49.2. The lowest BCUT2D eigenvalue weighted by Crippen LogP contribution is -2.30. The minimum Gasteiger partial charge on any atom is -0.462 e. The van der Waals surface area contributed by atoms with Gasteiger partial charge in [-0.2, -0.15) is 0 Å². The van der Waals surface area contributed by atoms with Gasteiger partial charge in [0.15, 0.2) is 6.10 Å². The van der Waals surface area contributed by atoms with Crippen molar-refractivity contribution in [2.75, 3.05) is 13.2 Å². The number of hydrogen-bond acceptors (Lipinski definition) is 6. The summed E-state index contributed by atoms with van der Waals surface area (Å²) in [5.74, 6) is -0.823. The van der Waals surface area contributed by atoms with Gasteiger partial charge in [0.2, 0.25) is 0 Å². The molecule has 0 N–H and O–H groups in total. The third kappa shape index (κ3) is 59.3. The molecule has 0 aromatic carbocycles. The van der Waals surface area contributed by atoms with Crippen LogP contribution >= 0.6 is 0 Å². The lowest BCUT2D eigenvalue weighted by molar-refractivity contribution is -0.167. The van der Waals surface area contributed by atoms with Gasteiger partial charge in [-0.1, -0.05) is 348 Å². The van der Waals surface area contributed by atoms with Crippen molar-refractivity contribution < 1.29 is 28.6 Å². The fraction of sp³-hybridized carbons (Fsp3) is 0.955. The molecule has 0 amide bonds. The van der Waals surface area contributed by atoms with Crippen LogP contribution < -0.4 is 0 Å². The van der Waals surface area contributed by atoms with Crippen molar-refractivity contribution in [3.63, 3.8) is 0 Å². The highest BCUT2D eigenvalue weighted by molar-refractivity contribution is 5.71. The molecule has 6 heteroatoms. The van der Waals surface area contributed by atoms with Crippen LogP contribution in [0, 0.1) is 0 Å². The molecule has 0 aliphatic rings. The zero-order valence-electron chi connectivity index (χ0n) is 49.2. The Morgan fingerprint density at radius 1 is 0.222 bits per heavy atom. The molecule has 0 bridgehead atoms. The lowest BCUT2D eigenvalue weighted by Gasteiger charge is -2.18. The third-order valence-electron chi connectivity index (χ3n) is 15.4. The van der Waals surface area contributed by atoms with Gasteiger partial charge in [-0.25, -0.2) is 0 Å². The van der Waals surface area contributed by atoms with E-state index in [9.17, 15) is 14.4 Å². The van der Waals surface area contributed by atoms with E-state index >= 15 is 0 Å². The van der Waals surface area contributed by atoms with Crippen LogP contribution in [0.1, 0.15) is 387 Å². The Balaban J connectivity index is 4.24. The van der Waals surface area contributed by atoms with Crippen LogP contribution in [0.2, 0.25) is 0 Å². The number of carbonyl (C=O) groups is 3. The average molecular weight is 1020 g/mol. The smallest absolute Gasteiger partial charge is 0.306 e. The molecule has 0 aromatic rings. The van der Waals surface area contributed by atoms with E-state index in [1.807, 2.05) is 0 Å². The first-order chi connectivity index (χ1) is 35.5. The fourth-order valence-electron chi connectivity index (χ4n) is 10.4. The maximum Gasteiger partial charge on any atom is 0.306 e. The summed E-state index contributed by atoms with van der Waals surface area (Å²) in [7, 11) is 0. The van der Waals surface area contributed by atoms with Gasteiger partial charge in [0.05, 0.1) is 0 Å². The molecule has 0 aromatic heterocycles. The van der Waals surface area contributed by atoms with Crippen molar-refractivity contribution in [1.82, 2.24) is 0 Å². The lowest BCUT2D eigenvalue weighted by atomic mass is 10.0. The second-order valence-electron chi connectivity index (χ2n) is 22.8. The number of hydrogen-bond donors (Lipinski definition) is 0. The van der Waals surface area contributed by atoms with Gasteiger partial charge in [-0.05, 0) is 19.3 Å². The second kappa shape index (κ2) is 62.0. The molecule has 0 saturated carbocycles.